The Balaban J connectivity index is 2.45. The van der Waals surface area contributed by atoms with Crippen LogP contribution in [0.2, 0.25) is 0 Å². The first-order valence-electron chi connectivity index (χ1n) is 5.52. The van der Waals surface area contributed by atoms with Crippen LogP contribution in [0.5, 0.6) is 5.75 Å². The maximum absolute atomic E-state index is 13.2. The highest BCUT2D eigenvalue weighted by atomic mass is 19.1. The van der Waals surface area contributed by atoms with Gasteiger partial charge >= 0.3 is 0 Å². The average Bonchev–Trinajstić information content (AvgIpc) is 2.40. The molecule has 0 bridgehead atoms. The molecule has 0 aliphatic rings. The van der Waals surface area contributed by atoms with Crippen LogP contribution in [0.4, 0.5) is 4.39 Å². The molecule has 5 heteroatoms. The van der Waals surface area contributed by atoms with E-state index in [0.717, 1.165) is 11.1 Å². The molecule has 0 spiro atoms. The Bertz CT molecular complexity index is 533. The highest BCUT2D eigenvalue weighted by Crippen LogP contribution is 2.28. The van der Waals surface area contributed by atoms with Gasteiger partial charge in [0.25, 0.3) is 0 Å². The van der Waals surface area contributed by atoms with Crippen LogP contribution in [0.15, 0.2) is 36.9 Å². The molecule has 0 fully saturated rings. The minimum atomic E-state index is -0.360. The predicted molar refractivity (Wildman–Crippen MR) is 65.9 cm³/mol. The second-order valence-corrected chi connectivity index (χ2v) is 3.78. The minimum Gasteiger partial charge on any atom is -0.495 e. The molecule has 0 radical (unpaired) electrons. The minimum absolute atomic E-state index is 0.189. The standard InChI is InChI=1S/C13H14FN3O/c1-15-13(9-5-10(14)7-17-6-9)11-3-4-16-8-12(11)18-2/h3-8,13,15H,1-2H3. The molecule has 0 saturated carbocycles. The Morgan fingerprint density at radius 1 is 1.28 bits per heavy atom. The fourth-order valence-electron chi connectivity index (χ4n) is 1.89. The molecular weight excluding hydrogens is 233 g/mol. The van der Waals surface area contributed by atoms with Crippen molar-refractivity contribution in [2.24, 2.45) is 0 Å². The summed E-state index contributed by atoms with van der Waals surface area (Å²) in [6.45, 7) is 0. The fourth-order valence-corrected chi connectivity index (χ4v) is 1.89. The van der Waals surface area contributed by atoms with Crippen molar-refractivity contribution in [1.29, 1.82) is 0 Å². The maximum Gasteiger partial charge on any atom is 0.142 e. The van der Waals surface area contributed by atoms with E-state index in [2.05, 4.69) is 15.3 Å². The molecule has 1 N–H and O–H groups in total. The summed E-state index contributed by atoms with van der Waals surface area (Å²) in [4.78, 5) is 7.86. The molecule has 2 rings (SSSR count). The zero-order valence-electron chi connectivity index (χ0n) is 10.2. The zero-order valence-corrected chi connectivity index (χ0v) is 10.2. The van der Waals surface area contributed by atoms with Crippen LogP contribution < -0.4 is 10.1 Å². The number of halogens is 1. The van der Waals surface area contributed by atoms with E-state index in [4.69, 9.17) is 4.74 Å². The summed E-state index contributed by atoms with van der Waals surface area (Å²) in [5.41, 5.74) is 1.63. The van der Waals surface area contributed by atoms with E-state index >= 15 is 0 Å². The van der Waals surface area contributed by atoms with Crippen LogP contribution in [0.3, 0.4) is 0 Å². The number of methoxy groups -OCH3 is 1. The van der Waals surface area contributed by atoms with E-state index < -0.39 is 0 Å². The van der Waals surface area contributed by atoms with Crippen LogP contribution >= 0.6 is 0 Å². The van der Waals surface area contributed by atoms with Crippen molar-refractivity contribution in [2.75, 3.05) is 14.2 Å². The normalized spacial score (nSPS) is 12.2. The highest BCUT2D eigenvalue weighted by Gasteiger charge is 2.17. The van der Waals surface area contributed by atoms with Crippen molar-refractivity contribution >= 4 is 0 Å². The second kappa shape index (κ2) is 5.55. The molecule has 0 aliphatic heterocycles. The van der Waals surface area contributed by atoms with Gasteiger partial charge in [-0.25, -0.2) is 4.39 Å². The van der Waals surface area contributed by atoms with E-state index in [1.165, 1.54) is 12.3 Å². The lowest BCUT2D eigenvalue weighted by atomic mass is 10.0. The lowest BCUT2D eigenvalue weighted by molar-refractivity contribution is 0.403. The largest absolute Gasteiger partial charge is 0.495 e. The van der Waals surface area contributed by atoms with E-state index in [1.807, 2.05) is 6.07 Å². The molecule has 0 aromatic carbocycles. The van der Waals surface area contributed by atoms with E-state index in [1.54, 1.807) is 32.7 Å². The number of hydrogen-bond acceptors (Lipinski definition) is 4. The molecule has 4 nitrogen and oxygen atoms in total. The van der Waals surface area contributed by atoms with Crippen LogP contribution in [-0.2, 0) is 0 Å². The molecular formula is C13H14FN3O. The van der Waals surface area contributed by atoms with Gasteiger partial charge in [0.05, 0.1) is 25.5 Å². The number of aromatic nitrogens is 2. The van der Waals surface area contributed by atoms with Gasteiger partial charge < -0.3 is 10.1 Å². The smallest absolute Gasteiger partial charge is 0.142 e. The van der Waals surface area contributed by atoms with Gasteiger partial charge in [0.1, 0.15) is 11.6 Å². The Kier molecular flexibility index (Phi) is 3.84. The van der Waals surface area contributed by atoms with Crippen molar-refractivity contribution in [2.45, 2.75) is 6.04 Å². The summed E-state index contributed by atoms with van der Waals surface area (Å²) in [6.07, 6.45) is 6.12. The fraction of sp³-hybridized carbons (Fsp3) is 0.231. The molecule has 0 aliphatic carbocycles. The summed E-state index contributed by atoms with van der Waals surface area (Å²) < 4.78 is 18.5. The van der Waals surface area contributed by atoms with E-state index in [0.29, 0.717) is 5.75 Å². The molecule has 2 aromatic heterocycles. The third-order valence-electron chi connectivity index (χ3n) is 2.70. The summed E-state index contributed by atoms with van der Waals surface area (Å²) in [7, 11) is 3.38. The molecule has 18 heavy (non-hydrogen) atoms. The number of hydrogen-bond donors (Lipinski definition) is 1. The highest BCUT2D eigenvalue weighted by molar-refractivity contribution is 5.38. The van der Waals surface area contributed by atoms with E-state index in [-0.39, 0.29) is 11.9 Å². The number of ether oxygens (including phenoxy) is 1. The van der Waals surface area contributed by atoms with Crippen molar-refractivity contribution in [1.82, 2.24) is 15.3 Å². The van der Waals surface area contributed by atoms with Crippen molar-refractivity contribution in [3.8, 4) is 5.75 Å². The van der Waals surface area contributed by atoms with Gasteiger partial charge in [0.15, 0.2) is 0 Å². The Morgan fingerprint density at radius 3 is 2.78 bits per heavy atom. The molecule has 2 heterocycles. The molecule has 0 saturated heterocycles. The predicted octanol–water partition coefficient (Wildman–Crippen LogP) is 1.93. The zero-order chi connectivity index (χ0) is 13.0. The first-order chi connectivity index (χ1) is 8.76. The van der Waals surface area contributed by atoms with Crippen LogP contribution in [0.1, 0.15) is 17.2 Å². The molecule has 94 valence electrons. The summed E-state index contributed by atoms with van der Waals surface area (Å²) in [5, 5.41) is 3.12. The van der Waals surface area contributed by atoms with Crippen molar-refractivity contribution in [3.05, 3.63) is 53.9 Å². The summed E-state index contributed by atoms with van der Waals surface area (Å²) in [5.74, 6) is 0.293. The Hall–Kier alpha value is -2.01. The quantitative estimate of drug-likeness (QED) is 0.896. The molecule has 0 amide bonds. The Morgan fingerprint density at radius 2 is 2.11 bits per heavy atom. The SMILES string of the molecule is CNC(c1cncc(F)c1)c1ccncc1OC. The molecule has 1 unspecified atom stereocenters. The van der Waals surface area contributed by atoms with Crippen molar-refractivity contribution < 1.29 is 9.13 Å². The van der Waals surface area contributed by atoms with Crippen LogP contribution in [0.25, 0.3) is 0 Å². The second-order valence-electron chi connectivity index (χ2n) is 3.78. The average molecular weight is 247 g/mol. The number of rotatable bonds is 4. The van der Waals surface area contributed by atoms with Crippen LogP contribution in [-0.4, -0.2) is 24.1 Å². The molecule has 1 atom stereocenters. The Labute approximate surface area is 105 Å². The summed E-state index contributed by atoms with van der Waals surface area (Å²) in [6, 6.07) is 3.10. The summed E-state index contributed by atoms with van der Waals surface area (Å²) >= 11 is 0. The van der Waals surface area contributed by atoms with Gasteiger partial charge in [0, 0.05) is 18.0 Å². The third-order valence-corrected chi connectivity index (χ3v) is 2.70. The monoisotopic (exact) mass is 247 g/mol. The lowest BCUT2D eigenvalue weighted by Crippen LogP contribution is -2.19. The first-order valence-corrected chi connectivity index (χ1v) is 5.52. The van der Waals surface area contributed by atoms with Crippen molar-refractivity contribution in [3.63, 3.8) is 0 Å². The van der Waals surface area contributed by atoms with Gasteiger partial charge in [-0.15, -0.1) is 0 Å². The number of nitrogens with zero attached hydrogens (tertiary/aromatic N) is 2. The lowest BCUT2D eigenvalue weighted by Gasteiger charge is -2.19. The van der Waals surface area contributed by atoms with Gasteiger partial charge in [-0.1, -0.05) is 0 Å². The van der Waals surface area contributed by atoms with Gasteiger partial charge in [-0.3, -0.25) is 9.97 Å². The van der Waals surface area contributed by atoms with Gasteiger partial charge in [-0.05, 0) is 24.7 Å². The third kappa shape index (κ3) is 2.46. The first kappa shape index (κ1) is 12.4. The number of pyridine rings is 2. The maximum atomic E-state index is 13.2. The number of nitrogens with one attached hydrogen (secondary N) is 1. The van der Waals surface area contributed by atoms with E-state index in [9.17, 15) is 4.39 Å². The molecule has 2 aromatic rings. The van der Waals surface area contributed by atoms with Gasteiger partial charge in [0.2, 0.25) is 0 Å². The topological polar surface area (TPSA) is 47.0 Å². The van der Waals surface area contributed by atoms with Gasteiger partial charge in [-0.2, -0.15) is 0 Å². The van der Waals surface area contributed by atoms with Crippen LogP contribution in [0, 0.1) is 5.82 Å².